The van der Waals surface area contributed by atoms with Crippen molar-refractivity contribution in [2.45, 2.75) is 96.5 Å². The van der Waals surface area contributed by atoms with Crippen molar-refractivity contribution in [2.75, 3.05) is 6.61 Å². The molecule has 138 valence electrons. The summed E-state index contributed by atoms with van der Waals surface area (Å²) in [5.41, 5.74) is 0. The minimum Gasteiger partial charge on any atom is -0.378 e. The number of ether oxygens (including phenoxy) is 1. The lowest BCUT2D eigenvalue weighted by Gasteiger charge is -2.34. The van der Waals surface area contributed by atoms with Crippen molar-refractivity contribution in [3.05, 3.63) is 12.7 Å². The Hall–Kier alpha value is -0.300. The molecule has 0 aromatic carbocycles. The molecule has 0 aromatic heterocycles. The van der Waals surface area contributed by atoms with E-state index in [0.29, 0.717) is 6.10 Å². The van der Waals surface area contributed by atoms with Gasteiger partial charge in [-0.05, 0) is 93.8 Å². The lowest BCUT2D eigenvalue weighted by Crippen LogP contribution is -2.27. The summed E-state index contributed by atoms with van der Waals surface area (Å²) in [5.74, 6) is 4.78. The molecule has 0 aliphatic heterocycles. The van der Waals surface area contributed by atoms with Crippen LogP contribution in [0.15, 0.2) is 12.7 Å². The summed E-state index contributed by atoms with van der Waals surface area (Å²) in [5, 5.41) is 0. The topological polar surface area (TPSA) is 9.23 Å². The van der Waals surface area contributed by atoms with Crippen LogP contribution in [0, 0.1) is 29.6 Å². The van der Waals surface area contributed by atoms with E-state index in [0.717, 1.165) is 36.2 Å². The highest BCUT2D eigenvalue weighted by atomic mass is 16.5. The Kier molecular flexibility index (Phi) is 7.25. The van der Waals surface area contributed by atoms with Crippen LogP contribution in [-0.2, 0) is 4.74 Å². The van der Waals surface area contributed by atoms with Crippen LogP contribution in [0.3, 0.4) is 0 Å². The molecule has 1 heteroatoms. The summed E-state index contributed by atoms with van der Waals surface area (Å²) in [4.78, 5) is 0. The van der Waals surface area contributed by atoms with Gasteiger partial charge in [-0.1, -0.05) is 32.3 Å². The van der Waals surface area contributed by atoms with Crippen molar-refractivity contribution in [3.63, 3.8) is 0 Å². The first kappa shape index (κ1) is 18.5. The first-order valence-electron chi connectivity index (χ1n) is 11.0. The Morgan fingerprint density at radius 3 is 2.17 bits per heavy atom. The number of hydrogen-bond donors (Lipinski definition) is 0. The SMILES string of the molecule is C=CC1CCC(OCC2CCC(C3CCC(CCC)C3)CC2)CC1. The van der Waals surface area contributed by atoms with E-state index in [1.165, 1.54) is 77.0 Å². The number of hydrogen-bond acceptors (Lipinski definition) is 1. The Balaban J connectivity index is 1.30. The van der Waals surface area contributed by atoms with Gasteiger partial charge >= 0.3 is 0 Å². The van der Waals surface area contributed by atoms with Crippen LogP contribution in [0.1, 0.15) is 90.4 Å². The van der Waals surface area contributed by atoms with Gasteiger partial charge in [0.05, 0.1) is 6.10 Å². The predicted molar refractivity (Wildman–Crippen MR) is 103 cm³/mol. The van der Waals surface area contributed by atoms with Crippen LogP contribution in [0.5, 0.6) is 0 Å². The minimum absolute atomic E-state index is 0.545. The van der Waals surface area contributed by atoms with Crippen LogP contribution >= 0.6 is 0 Å². The molecule has 0 bridgehead atoms. The molecule has 1 nitrogen and oxygen atoms in total. The Morgan fingerprint density at radius 2 is 1.50 bits per heavy atom. The fourth-order valence-electron chi connectivity index (χ4n) is 5.80. The minimum atomic E-state index is 0.545. The van der Waals surface area contributed by atoms with Gasteiger partial charge in [-0.3, -0.25) is 0 Å². The lowest BCUT2D eigenvalue weighted by molar-refractivity contribution is -0.00826. The maximum Gasteiger partial charge on any atom is 0.0575 e. The molecule has 3 aliphatic rings. The second-order valence-corrected chi connectivity index (χ2v) is 9.11. The molecule has 0 spiro atoms. The van der Waals surface area contributed by atoms with Crippen molar-refractivity contribution in [1.82, 2.24) is 0 Å². The molecule has 0 aromatic rings. The largest absolute Gasteiger partial charge is 0.378 e. The van der Waals surface area contributed by atoms with Gasteiger partial charge in [-0.15, -0.1) is 6.58 Å². The first-order chi connectivity index (χ1) is 11.8. The van der Waals surface area contributed by atoms with Gasteiger partial charge in [-0.25, -0.2) is 0 Å². The van der Waals surface area contributed by atoms with Gasteiger partial charge in [0.2, 0.25) is 0 Å². The molecule has 3 aliphatic carbocycles. The zero-order chi connectivity index (χ0) is 16.8. The summed E-state index contributed by atoms with van der Waals surface area (Å²) >= 11 is 0. The second-order valence-electron chi connectivity index (χ2n) is 9.11. The van der Waals surface area contributed by atoms with Crippen molar-refractivity contribution < 1.29 is 4.74 Å². The van der Waals surface area contributed by atoms with Gasteiger partial charge in [0.15, 0.2) is 0 Å². The van der Waals surface area contributed by atoms with Crippen LogP contribution in [0.2, 0.25) is 0 Å². The third-order valence-corrected chi connectivity index (χ3v) is 7.46. The van der Waals surface area contributed by atoms with E-state index in [-0.39, 0.29) is 0 Å². The van der Waals surface area contributed by atoms with E-state index in [4.69, 9.17) is 4.74 Å². The lowest BCUT2D eigenvalue weighted by atomic mass is 9.75. The highest BCUT2D eigenvalue weighted by molar-refractivity contribution is 4.86. The van der Waals surface area contributed by atoms with Crippen LogP contribution < -0.4 is 0 Å². The van der Waals surface area contributed by atoms with Gasteiger partial charge in [0, 0.05) is 6.61 Å². The molecular formula is C23H40O. The molecular weight excluding hydrogens is 292 g/mol. The maximum atomic E-state index is 6.29. The highest BCUT2D eigenvalue weighted by Crippen LogP contribution is 2.44. The molecule has 3 fully saturated rings. The van der Waals surface area contributed by atoms with Crippen LogP contribution in [0.4, 0.5) is 0 Å². The van der Waals surface area contributed by atoms with Gasteiger partial charge in [0.1, 0.15) is 0 Å². The molecule has 3 rings (SSSR count). The monoisotopic (exact) mass is 332 g/mol. The first-order valence-corrected chi connectivity index (χ1v) is 11.0. The van der Waals surface area contributed by atoms with Gasteiger partial charge < -0.3 is 4.74 Å². The van der Waals surface area contributed by atoms with E-state index in [1.807, 2.05) is 0 Å². The molecule has 2 atom stereocenters. The number of rotatable bonds is 7. The zero-order valence-electron chi connectivity index (χ0n) is 16.1. The molecule has 0 N–H and O–H groups in total. The Morgan fingerprint density at radius 1 is 0.833 bits per heavy atom. The molecule has 2 unspecified atom stereocenters. The summed E-state index contributed by atoms with van der Waals surface area (Å²) in [6.07, 6.45) is 21.1. The van der Waals surface area contributed by atoms with E-state index in [9.17, 15) is 0 Å². The quantitative estimate of drug-likeness (QED) is 0.467. The maximum absolute atomic E-state index is 6.29. The van der Waals surface area contributed by atoms with Crippen molar-refractivity contribution in [2.24, 2.45) is 29.6 Å². The van der Waals surface area contributed by atoms with Gasteiger partial charge in [0.25, 0.3) is 0 Å². The Labute approximate surface area is 150 Å². The number of allylic oxidation sites excluding steroid dienone is 1. The fourth-order valence-corrected chi connectivity index (χ4v) is 5.80. The average Bonchev–Trinajstić information content (AvgIpc) is 3.10. The average molecular weight is 333 g/mol. The van der Waals surface area contributed by atoms with Crippen molar-refractivity contribution in [3.8, 4) is 0 Å². The zero-order valence-corrected chi connectivity index (χ0v) is 16.1. The summed E-state index contributed by atoms with van der Waals surface area (Å²) in [6.45, 7) is 7.33. The third-order valence-electron chi connectivity index (χ3n) is 7.46. The van der Waals surface area contributed by atoms with Crippen LogP contribution in [0.25, 0.3) is 0 Å². The van der Waals surface area contributed by atoms with E-state index < -0.39 is 0 Å². The summed E-state index contributed by atoms with van der Waals surface area (Å²) in [7, 11) is 0. The molecule has 3 saturated carbocycles. The van der Waals surface area contributed by atoms with Crippen LogP contribution in [-0.4, -0.2) is 12.7 Å². The van der Waals surface area contributed by atoms with Crippen molar-refractivity contribution in [1.29, 1.82) is 0 Å². The normalized spacial score (nSPS) is 40.5. The predicted octanol–water partition coefficient (Wildman–Crippen LogP) is 6.77. The molecule has 0 saturated heterocycles. The molecule has 0 heterocycles. The molecule has 0 amide bonds. The second kappa shape index (κ2) is 9.41. The highest BCUT2D eigenvalue weighted by Gasteiger charge is 2.33. The van der Waals surface area contributed by atoms with Gasteiger partial charge in [-0.2, -0.15) is 0 Å². The summed E-state index contributed by atoms with van der Waals surface area (Å²) < 4.78 is 6.29. The summed E-state index contributed by atoms with van der Waals surface area (Å²) in [6, 6.07) is 0. The van der Waals surface area contributed by atoms with E-state index in [1.54, 1.807) is 6.42 Å². The van der Waals surface area contributed by atoms with Crippen molar-refractivity contribution >= 4 is 0 Å². The van der Waals surface area contributed by atoms with E-state index >= 15 is 0 Å². The Bertz CT molecular complexity index is 360. The third kappa shape index (κ3) is 5.10. The molecule has 0 radical (unpaired) electrons. The molecule has 24 heavy (non-hydrogen) atoms. The smallest absolute Gasteiger partial charge is 0.0575 e. The standard InChI is InChI=1S/C23H40O/c1-3-5-19-6-13-22(16-19)21-11-7-20(8-12-21)17-24-23-14-9-18(4-2)10-15-23/h4,18-23H,2-3,5-17H2,1H3. The van der Waals surface area contributed by atoms with E-state index in [2.05, 4.69) is 19.6 Å². The fraction of sp³-hybridized carbons (Fsp3) is 0.913.